The Kier molecular flexibility index (Phi) is 5.49. The lowest BCUT2D eigenvalue weighted by molar-refractivity contribution is 0.104. The van der Waals surface area contributed by atoms with Crippen molar-refractivity contribution in [1.82, 2.24) is 0 Å². The minimum Gasteiger partial charge on any atom is -0.490 e. The number of benzene rings is 2. The highest BCUT2D eigenvalue weighted by Gasteiger charge is 2.25. The Morgan fingerprint density at radius 2 is 1.88 bits per heavy atom. The average molecular weight is 354 g/mol. The molecule has 0 bridgehead atoms. The molecular formula is C21H22O3S. The molecule has 3 nitrogen and oxygen atoms in total. The van der Waals surface area contributed by atoms with E-state index in [-0.39, 0.29) is 5.78 Å². The van der Waals surface area contributed by atoms with Crippen LogP contribution in [0.5, 0.6) is 11.5 Å². The molecule has 4 heteroatoms. The van der Waals surface area contributed by atoms with Crippen molar-refractivity contribution >= 4 is 23.6 Å². The first-order chi connectivity index (χ1) is 12.1. The molecule has 0 aliphatic carbocycles. The van der Waals surface area contributed by atoms with Gasteiger partial charge in [0.2, 0.25) is 5.78 Å². The molecule has 0 aromatic heterocycles. The highest BCUT2D eigenvalue weighted by atomic mass is 32.2. The predicted molar refractivity (Wildman–Crippen MR) is 103 cm³/mol. The minimum atomic E-state index is 0.0821. The average Bonchev–Trinajstić information content (AvgIpc) is 2.91. The molecular weight excluding hydrogens is 332 g/mol. The zero-order valence-corrected chi connectivity index (χ0v) is 15.6. The summed E-state index contributed by atoms with van der Waals surface area (Å²) in [6, 6.07) is 13.5. The molecule has 0 unspecified atom stereocenters. The van der Waals surface area contributed by atoms with Gasteiger partial charge in [0.15, 0.2) is 11.5 Å². The van der Waals surface area contributed by atoms with E-state index in [1.165, 1.54) is 11.8 Å². The summed E-state index contributed by atoms with van der Waals surface area (Å²) in [5.41, 5.74) is 1.71. The molecule has 0 saturated carbocycles. The molecule has 1 aliphatic heterocycles. The van der Waals surface area contributed by atoms with Gasteiger partial charge in [-0.2, -0.15) is 0 Å². The van der Waals surface area contributed by atoms with Crippen LogP contribution in [0.2, 0.25) is 0 Å². The third-order valence-electron chi connectivity index (χ3n) is 3.71. The maximum absolute atomic E-state index is 12.5. The fourth-order valence-electron chi connectivity index (χ4n) is 2.55. The van der Waals surface area contributed by atoms with E-state index in [9.17, 15) is 4.79 Å². The number of rotatable bonds is 6. The van der Waals surface area contributed by atoms with Crippen LogP contribution in [0.3, 0.4) is 0 Å². The SMILES string of the molecule is CCOc1cc(/C=C2\Sc3ccccc3C2=O)ccc1OCC(C)C. The van der Waals surface area contributed by atoms with Gasteiger partial charge < -0.3 is 9.47 Å². The third kappa shape index (κ3) is 4.07. The topological polar surface area (TPSA) is 35.5 Å². The summed E-state index contributed by atoms with van der Waals surface area (Å²) >= 11 is 1.52. The van der Waals surface area contributed by atoms with Gasteiger partial charge in [0.1, 0.15) is 0 Å². The summed E-state index contributed by atoms with van der Waals surface area (Å²) in [5.74, 6) is 1.98. The number of fused-ring (bicyclic) bond motifs is 1. The number of ether oxygens (including phenoxy) is 2. The number of ketones is 1. The van der Waals surface area contributed by atoms with E-state index in [4.69, 9.17) is 9.47 Å². The van der Waals surface area contributed by atoms with E-state index in [0.29, 0.717) is 24.9 Å². The second-order valence-corrected chi connectivity index (χ2v) is 7.36. The smallest absolute Gasteiger partial charge is 0.200 e. The van der Waals surface area contributed by atoms with E-state index in [1.54, 1.807) is 0 Å². The number of hydrogen-bond donors (Lipinski definition) is 0. The standard InChI is InChI=1S/C21H22O3S/c1-4-23-18-11-15(9-10-17(18)24-13-14(2)3)12-20-21(22)16-7-5-6-8-19(16)25-20/h5-12,14H,4,13H2,1-3H3/b20-12-. The van der Waals surface area contributed by atoms with Crippen LogP contribution in [0.25, 0.3) is 6.08 Å². The van der Waals surface area contributed by atoms with E-state index >= 15 is 0 Å². The van der Waals surface area contributed by atoms with Crippen LogP contribution in [-0.4, -0.2) is 19.0 Å². The predicted octanol–water partition coefficient (Wildman–Crippen LogP) is 5.45. The summed E-state index contributed by atoms with van der Waals surface area (Å²) in [5, 5.41) is 0. The molecule has 0 fully saturated rings. The number of hydrogen-bond acceptors (Lipinski definition) is 4. The monoisotopic (exact) mass is 354 g/mol. The third-order valence-corrected chi connectivity index (χ3v) is 4.81. The van der Waals surface area contributed by atoms with Crippen LogP contribution in [-0.2, 0) is 0 Å². The Labute approximate surface area is 153 Å². The van der Waals surface area contributed by atoms with Crippen LogP contribution in [0.1, 0.15) is 36.7 Å². The van der Waals surface area contributed by atoms with Crippen molar-refractivity contribution in [3.8, 4) is 11.5 Å². The fraction of sp³-hybridized carbons (Fsp3) is 0.286. The second kappa shape index (κ2) is 7.79. The molecule has 25 heavy (non-hydrogen) atoms. The lowest BCUT2D eigenvalue weighted by Crippen LogP contribution is -2.06. The van der Waals surface area contributed by atoms with Crippen molar-refractivity contribution in [3.63, 3.8) is 0 Å². The molecule has 2 aromatic rings. The Morgan fingerprint density at radius 3 is 2.60 bits per heavy atom. The highest BCUT2D eigenvalue weighted by molar-refractivity contribution is 8.04. The largest absolute Gasteiger partial charge is 0.490 e. The molecule has 1 aliphatic rings. The second-order valence-electron chi connectivity index (χ2n) is 6.28. The van der Waals surface area contributed by atoms with Gasteiger partial charge in [0.25, 0.3) is 0 Å². The quantitative estimate of drug-likeness (QED) is 0.646. The van der Waals surface area contributed by atoms with Crippen molar-refractivity contribution in [1.29, 1.82) is 0 Å². The molecule has 3 rings (SSSR count). The lowest BCUT2D eigenvalue weighted by atomic mass is 10.1. The van der Waals surface area contributed by atoms with Crippen LogP contribution in [0, 0.1) is 5.92 Å². The van der Waals surface area contributed by atoms with Crippen molar-refractivity contribution in [3.05, 3.63) is 58.5 Å². The van der Waals surface area contributed by atoms with Gasteiger partial charge >= 0.3 is 0 Å². The molecule has 0 amide bonds. The summed E-state index contributed by atoms with van der Waals surface area (Å²) in [7, 11) is 0. The van der Waals surface area contributed by atoms with E-state index in [1.807, 2.05) is 55.5 Å². The molecule has 1 heterocycles. The Hall–Kier alpha value is -2.20. The first-order valence-corrected chi connectivity index (χ1v) is 9.33. The maximum atomic E-state index is 12.5. The normalized spacial score (nSPS) is 14.9. The Morgan fingerprint density at radius 1 is 1.08 bits per heavy atom. The molecule has 130 valence electrons. The number of allylic oxidation sites excluding steroid dienone is 1. The van der Waals surface area contributed by atoms with Crippen LogP contribution >= 0.6 is 11.8 Å². The number of carbonyl (C=O) groups is 1. The summed E-state index contributed by atoms with van der Waals surface area (Å²) in [6.45, 7) is 7.38. The van der Waals surface area contributed by atoms with E-state index in [2.05, 4.69) is 13.8 Å². The zero-order valence-electron chi connectivity index (χ0n) is 14.7. The highest BCUT2D eigenvalue weighted by Crippen LogP contribution is 2.41. The van der Waals surface area contributed by atoms with E-state index in [0.717, 1.165) is 26.7 Å². The van der Waals surface area contributed by atoms with Crippen molar-refractivity contribution < 1.29 is 14.3 Å². The van der Waals surface area contributed by atoms with Crippen molar-refractivity contribution in [2.75, 3.05) is 13.2 Å². The van der Waals surface area contributed by atoms with Gasteiger partial charge in [-0.3, -0.25) is 4.79 Å². The molecule has 0 N–H and O–H groups in total. The van der Waals surface area contributed by atoms with Crippen LogP contribution in [0.15, 0.2) is 52.3 Å². The van der Waals surface area contributed by atoms with Crippen molar-refractivity contribution in [2.24, 2.45) is 5.92 Å². The van der Waals surface area contributed by atoms with Crippen LogP contribution in [0.4, 0.5) is 0 Å². The maximum Gasteiger partial charge on any atom is 0.200 e. The zero-order chi connectivity index (χ0) is 17.8. The van der Waals surface area contributed by atoms with Gasteiger partial charge in [0.05, 0.1) is 18.1 Å². The lowest BCUT2D eigenvalue weighted by Gasteiger charge is -2.14. The Balaban J connectivity index is 1.86. The number of thioether (sulfide) groups is 1. The number of Topliss-reactive ketones (excluding diaryl/α,β-unsaturated/α-hetero) is 1. The fourth-order valence-corrected chi connectivity index (χ4v) is 3.60. The van der Waals surface area contributed by atoms with Gasteiger partial charge in [-0.05, 0) is 48.7 Å². The molecule has 0 spiro atoms. The van der Waals surface area contributed by atoms with Gasteiger partial charge in [0, 0.05) is 10.5 Å². The summed E-state index contributed by atoms with van der Waals surface area (Å²) in [4.78, 5) is 14.3. The van der Waals surface area contributed by atoms with E-state index < -0.39 is 0 Å². The summed E-state index contributed by atoms with van der Waals surface area (Å²) in [6.07, 6.45) is 1.92. The molecule has 0 saturated heterocycles. The van der Waals surface area contributed by atoms with Gasteiger partial charge in [-0.1, -0.05) is 43.8 Å². The summed E-state index contributed by atoms with van der Waals surface area (Å²) < 4.78 is 11.5. The van der Waals surface area contributed by atoms with Gasteiger partial charge in [-0.25, -0.2) is 0 Å². The van der Waals surface area contributed by atoms with Crippen LogP contribution < -0.4 is 9.47 Å². The van der Waals surface area contributed by atoms with Crippen molar-refractivity contribution in [2.45, 2.75) is 25.7 Å². The van der Waals surface area contributed by atoms with Gasteiger partial charge in [-0.15, -0.1) is 0 Å². The Bertz CT molecular complexity index is 809. The number of carbonyl (C=O) groups excluding carboxylic acids is 1. The molecule has 2 aromatic carbocycles. The minimum absolute atomic E-state index is 0.0821. The molecule has 0 atom stereocenters. The molecule has 0 radical (unpaired) electrons. The first-order valence-electron chi connectivity index (χ1n) is 8.51. The first kappa shape index (κ1) is 17.6.